The highest BCUT2D eigenvalue weighted by Crippen LogP contribution is 1.94. The maximum absolute atomic E-state index is 3.73. The summed E-state index contributed by atoms with van der Waals surface area (Å²) in [6, 6.07) is 0. The summed E-state index contributed by atoms with van der Waals surface area (Å²) in [4.78, 5) is 0. The van der Waals surface area contributed by atoms with Crippen LogP contribution in [0.3, 0.4) is 0 Å². The summed E-state index contributed by atoms with van der Waals surface area (Å²) in [7, 11) is 0. The van der Waals surface area contributed by atoms with Gasteiger partial charge in [0.15, 0.2) is 0 Å². The summed E-state index contributed by atoms with van der Waals surface area (Å²) in [5, 5.41) is 0. The van der Waals surface area contributed by atoms with Crippen LogP contribution in [-0.4, -0.2) is 0 Å². The average molecular weight is 123 g/mol. The lowest BCUT2D eigenvalue weighted by Crippen LogP contribution is -1.64. The summed E-state index contributed by atoms with van der Waals surface area (Å²) in [6.07, 6.45) is 10.6. The zero-order valence-corrected chi connectivity index (χ0v) is 5.97. The molecule has 0 rings (SSSR count). The van der Waals surface area contributed by atoms with E-state index in [2.05, 4.69) is 25.7 Å². The Hall–Kier alpha value is -0.520. The van der Waals surface area contributed by atoms with Crippen molar-refractivity contribution < 1.29 is 0 Å². The highest BCUT2D eigenvalue weighted by atomic mass is 13.8. The van der Waals surface area contributed by atoms with Gasteiger partial charge in [-0.25, -0.2) is 0 Å². The third-order valence-electron chi connectivity index (χ3n) is 1.07. The molecule has 0 unspecified atom stereocenters. The molecular weight excluding hydrogens is 108 g/mol. The molecule has 0 aliphatic rings. The summed E-state index contributed by atoms with van der Waals surface area (Å²) >= 11 is 0. The van der Waals surface area contributed by atoms with Crippen LogP contribution in [0.4, 0.5) is 0 Å². The SMILES string of the molecule is [CH2]CCC=CCCC=C. The van der Waals surface area contributed by atoms with Gasteiger partial charge in [0, 0.05) is 0 Å². The molecule has 0 heteroatoms. The van der Waals surface area contributed by atoms with Gasteiger partial charge < -0.3 is 0 Å². The van der Waals surface area contributed by atoms with E-state index in [0.29, 0.717) is 0 Å². The first-order chi connectivity index (χ1) is 4.41. The van der Waals surface area contributed by atoms with Gasteiger partial charge in [0.05, 0.1) is 0 Å². The second-order valence-electron chi connectivity index (χ2n) is 1.98. The standard InChI is InChI=1S/C9H15/c1-3-5-7-9-8-6-4-2/h3,8-9H,1-2,4-7H2. The fraction of sp³-hybridized carbons (Fsp3) is 0.444. The Kier molecular flexibility index (Phi) is 7.05. The van der Waals surface area contributed by atoms with Gasteiger partial charge in [0.1, 0.15) is 0 Å². The quantitative estimate of drug-likeness (QED) is 0.389. The van der Waals surface area contributed by atoms with Crippen LogP contribution in [0, 0.1) is 6.92 Å². The summed E-state index contributed by atoms with van der Waals surface area (Å²) in [6.45, 7) is 7.36. The van der Waals surface area contributed by atoms with Crippen molar-refractivity contribution in [2.24, 2.45) is 0 Å². The molecule has 0 aromatic carbocycles. The van der Waals surface area contributed by atoms with Crippen LogP contribution in [0.2, 0.25) is 0 Å². The normalized spacial score (nSPS) is 10.3. The van der Waals surface area contributed by atoms with Crippen LogP contribution in [0.25, 0.3) is 0 Å². The molecule has 0 atom stereocenters. The summed E-state index contributed by atoms with van der Waals surface area (Å²) in [5.74, 6) is 0. The number of unbranched alkanes of at least 4 members (excludes halogenated alkanes) is 2. The first-order valence-corrected chi connectivity index (χ1v) is 3.47. The Balaban J connectivity index is 2.94. The molecule has 0 bridgehead atoms. The van der Waals surface area contributed by atoms with E-state index in [-0.39, 0.29) is 0 Å². The van der Waals surface area contributed by atoms with Crippen LogP contribution in [0.1, 0.15) is 25.7 Å². The van der Waals surface area contributed by atoms with Crippen LogP contribution < -0.4 is 0 Å². The van der Waals surface area contributed by atoms with Crippen molar-refractivity contribution in [3.63, 3.8) is 0 Å². The molecule has 0 aromatic rings. The number of rotatable bonds is 5. The van der Waals surface area contributed by atoms with Crippen molar-refractivity contribution in [2.75, 3.05) is 0 Å². The molecule has 0 amide bonds. The molecule has 0 nitrogen and oxygen atoms in total. The Morgan fingerprint density at radius 1 is 1.00 bits per heavy atom. The van der Waals surface area contributed by atoms with Crippen LogP contribution in [0.5, 0.6) is 0 Å². The lowest BCUT2D eigenvalue weighted by molar-refractivity contribution is 1.00. The minimum Gasteiger partial charge on any atom is -0.103 e. The van der Waals surface area contributed by atoms with Gasteiger partial charge in [-0.3, -0.25) is 0 Å². The van der Waals surface area contributed by atoms with Crippen molar-refractivity contribution in [1.82, 2.24) is 0 Å². The van der Waals surface area contributed by atoms with E-state index in [0.717, 1.165) is 25.7 Å². The van der Waals surface area contributed by atoms with Gasteiger partial charge in [0.25, 0.3) is 0 Å². The van der Waals surface area contributed by atoms with Gasteiger partial charge >= 0.3 is 0 Å². The van der Waals surface area contributed by atoms with E-state index < -0.39 is 0 Å². The van der Waals surface area contributed by atoms with Crippen LogP contribution in [0.15, 0.2) is 24.8 Å². The predicted molar refractivity (Wildman–Crippen MR) is 43.2 cm³/mol. The maximum atomic E-state index is 3.73. The van der Waals surface area contributed by atoms with Gasteiger partial charge in [-0.05, 0) is 25.7 Å². The molecule has 0 saturated heterocycles. The second kappa shape index (κ2) is 7.48. The first-order valence-electron chi connectivity index (χ1n) is 3.47. The largest absolute Gasteiger partial charge is 0.103 e. The summed E-state index contributed by atoms with van der Waals surface area (Å²) in [5.41, 5.74) is 0. The molecule has 0 saturated carbocycles. The third-order valence-corrected chi connectivity index (χ3v) is 1.07. The number of hydrogen-bond acceptors (Lipinski definition) is 0. The van der Waals surface area contributed by atoms with E-state index >= 15 is 0 Å². The van der Waals surface area contributed by atoms with Crippen LogP contribution in [-0.2, 0) is 0 Å². The Labute approximate surface area is 58.3 Å². The van der Waals surface area contributed by atoms with E-state index in [1.165, 1.54) is 0 Å². The lowest BCUT2D eigenvalue weighted by atomic mass is 10.2. The molecule has 51 valence electrons. The van der Waals surface area contributed by atoms with Gasteiger partial charge in [-0.15, -0.1) is 6.58 Å². The van der Waals surface area contributed by atoms with Gasteiger partial charge in [0.2, 0.25) is 0 Å². The molecule has 0 aliphatic heterocycles. The van der Waals surface area contributed by atoms with Crippen molar-refractivity contribution in [1.29, 1.82) is 0 Å². The van der Waals surface area contributed by atoms with Crippen molar-refractivity contribution >= 4 is 0 Å². The zero-order chi connectivity index (χ0) is 6.95. The lowest BCUT2D eigenvalue weighted by Gasteiger charge is -1.84. The van der Waals surface area contributed by atoms with Gasteiger partial charge in [-0.2, -0.15) is 0 Å². The topological polar surface area (TPSA) is 0 Å². The zero-order valence-electron chi connectivity index (χ0n) is 5.97. The Morgan fingerprint density at radius 3 is 2.22 bits per heavy atom. The van der Waals surface area contributed by atoms with E-state index in [1.54, 1.807) is 0 Å². The summed E-state index contributed by atoms with van der Waals surface area (Å²) < 4.78 is 0. The Bertz CT molecular complexity index is 80.0. The minimum absolute atomic E-state index is 1.00. The number of allylic oxidation sites excluding steroid dienone is 3. The molecule has 9 heavy (non-hydrogen) atoms. The third kappa shape index (κ3) is 7.48. The fourth-order valence-corrected chi connectivity index (χ4v) is 0.568. The molecular formula is C9H15. The monoisotopic (exact) mass is 123 g/mol. The molecule has 0 spiro atoms. The molecule has 0 aromatic heterocycles. The molecule has 0 heterocycles. The molecule has 0 fully saturated rings. The van der Waals surface area contributed by atoms with Crippen molar-refractivity contribution in [2.45, 2.75) is 25.7 Å². The maximum Gasteiger partial charge on any atom is -0.0316 e. The van der Waals surface area contributed by atoms with Gasteiger partial charge in [-0.1, -0.05) is 25.2 Å². The van der Waals surface area contributed by atoms with E-state index in [4.69, 9.17) is 0 Å². The smallest absolute Gasteiger partial charge is 0.0316 e. The van der Waals surface area contributed by atoms with E-state index in [1.807, 2.05) is 6.08 Å². The first kappa shape index (κ1) is 8.48. The molecule has 0 N–H and O–H groups in total. The highest BCUT2D eigenvalue weighted by Gasteiger charge is 1.73. The predicted octanol–water partition coefficient (Wildman–Crippen LogP) is 3.12. The van der Waals surface area contributed by atoms with E-state index in [9.17, 15) is 0 Å². The van der Waals surface area contributed by atoms with Crippen molar-refractivity contribution in [3.05, 3.63) is 31.7 Å². The fourth-order valence-electron chi connectivity index (χ4n) is 0.568. The minimum atomic E-state index is 1.00. The average Bonchev–Trinajstić information content (AvgIpc) is 1.89. The van der Waals surface area contributed by atoms with Crippen LogP contribution >= 0.6 is 0 Å². The molecule has 0 aliphatic carbocycles. The highest BCUT2D eigenvalue weighted by molar-refractivity contribution is 4.84. The van der Waals surface area contributed by atoms with Crippen molar-refractivity contribution in [3.8, 4) is 0 Å². The number of hydrogen-bond donors (Lipinski definition) is 0. The molecule has 1 radical (unpaired) electrons. The second-order valence-corrected chi connectivity index (χ2v) is 1.98. The Morgan fingerprint density at radius 2 is 1.67 bits per heavy atom.